The van der Waals surface area contributed by atoms with Gasteiger partial charge in [-0.25, -0.2) is 0 Å². The molecule has 118 valence electrons. The fraction of sp³-hybridized carbons (Fsp3) is 0.471. The molecule has 1 aromatic heterocycles. The first-order valence-electron chi connectivity index (χ1n) is 7.77. The van der Waals surface area contributed by atoms with Crippen molar-refractivity contribution in [2.24, 2.45) is 0 Å². The van der Waals surface area contributed by atoms with Gasteiger partial charge in [0.15, 0.2) is 0 Å². The Labute approximate surface area is 134 Å². The third-order valence-electron chi connectivity index (χ3n) is 4.58. The lowest BCUT2D eigenvalue weighted by Gasteiger charge is -2.32. The Morgan fingerprint density at radius 3 is 2.86 bits per heavy atom. The van der Waals surface area contributed by atoms with Crippen LogP contribution in [0.15, 0.2) is 18.3 Å². The molecule has 0 bridgehead atoms. The van der Waals surface area contributed by atoms with E-state index in [0.29, 0.717) is 10.6 Å². The number of carbonyl (C=O) groups is 1. The van der Waals surface area contributed by atoms with E-state index < -0.39 is 5.60 Å². The van der Waals surface area contributed by atoms with Crippen molar-refractivity contribution in [2.75, 3.05) is 6.54 Å². The van der Waals surface area contributed by atoms with Gasteiger partial charge < -0.3 is 15.4 Å². The smallest absolute Gasteiger partial charge is 0.252 e. The van der Waals surface area contributed by atoms with Crippen molar-refractivity contribution in [1.82, 2.24) is 10.3 Å². The number of hydrogen-bond acceptors (Lipinski definition) is 2. The van der Waals surface area contributed by atoms with Gasteiger partial charge >= 0.3 is 0 Å². The number of amides is 1. The topological polar surface area (TPSA) is 65.1 Å². The fourth-order valence-corrected chi connectivity index (χ4v) is 3.57. The normalized spacial score (nSPS) is 17.6. The zero-order valence-corrected chi connectivity index (χ0v) is 13.5. The molecule has 1 aliphatic rings. The van der Waals surface area contributed by atoms with Gasteiger partial charge in [0.05, 0.1) is 16.2 Å². The molecule has 2 aromatic rings. The molecule has 1 fully saturated rings. The minimum absolute atomic E-state index is 0.227. The predicted octanol–water partition coefficient (Wildman–Crippen LogP) is 3.55. The van der Waals surface area contributed by atoms with Gasteiger partial charge in [-0.1, -0.05) is 30.9 Å². The molecule has 5 heteroatoms. The van der Waals surface area contributed by atoms with Crippen LogP contribution in [0.25, 0.3) is 10.9 Å². The third-order valence-corrected chi connectivity index (χ3v) is 4.99. The van der Waals surface area contributed by atoms with Crippen LogP contribution < -0.4 is 5.32 Å². The standard InChI is InChI=1S/C17H21ClN2O2/c1-11-9-13(14(18)12-5-8-19-15(11)12)16(21)20-10-17(22)6-3-2-4-7-17/h5,8-9,19,22H,2-4,6-7,10H2,1H3,(H,20,21). The summed E-state index contributed by atoms with van der Waals surface area (Å²) < 4.78 is 0. The van der Waals surface area contributed by atoms with Crippen molar-refractivity contribution in [3.63, 3.8) is 0 Å². The number of benzene rings is 1. The number of aromatic nitrogens is 1. The summed E-state index contributed by atoms with van der Waals surface area (Å²) in [6, 6.07) is 3.66. The molecule has 3 rings (SSSR count). The summed E-state index contributed by atoms with van der Waals surface area (Å²) in [7, 11) is 0. The maximum absolute atomic E-state index is 12.5. The number of hydrogen-bond donors (Lipinski definition) is 3. The second-order valence-corrected chi connectivity index (χ2v) is 6.67. The molecule has 0 unspecified atom stereocenters. The van der Waals surface area contributed by atoms with E-state index in [1.807, 2.05) is 19.2 Å². The van der Waals surface area contributed by atoms with Gasteiger partial charge in [-0.05, 0) is 37.5 Å². The van der Waals surface area contributed by atoms with Crippen LogP contribution in [-0.2, 0) is 0 Å². The van der Waals surface area contributed by atoms with Crippen LogP contribution in [0, 0.1) is 6.92 Å². The fourth-order valence-electron chi connectivity index (χ4n) is 3.27. The highest BCUT2D eigenvalue weighted by molar-refractivity contribution is 6.38. The molecule has 3 N–H and O–H groups in total. The molecule has 0 spiro atoms. The predicted molar refractivity (Wildman–Crippen MR) is 88.4 cm³/mol. The van der Waals surface area contributed by atoms with E-state index >= 15 is 0 Å². The number of aliphatic hydroxyl groups is 1. The quantitative estimate of drug-likeness (QED) is 0.809. The van der Waals surface area contributed by atoms with Gasteiger partial charge in [-0.15, -0.1) is 0 Å². The maximum atomic E-state index is 12.5. The first-order valence-corrected chi connectivity index (χ1v) is 8.15. The molecule has 0 radical (unpaired) electrons. The third kappa shape index (κ3) is 2.85. The zero-order chi connectivity index (χ0) is 15.7. The van der Waals surface area contributed by atoms with E-state index in [4.69, 9.17) is 11.6 Å². The minimum atomic E-state index is -0.770. The van der Waals surface area contributed by atoms with Crippen molar-refractivity contribution in [1.29, 1.82) is 0 Å². The van der Waals surface area contributed by atoms with Crippen LogP contribution in [0.4, 0.5) is 0 Å². The van der Waals surface area contributed by atoms with Crippen LogP contribution in [0.3, 0.4) is 0 Å². The average molecular weight is 321 g/mol. The molecule has 1 aromatic carbocycles. The Morgan fingerprint density at radius 2 is 2.14 bits per heavy atom. The number of aryl methyl sites for hydroxylation is 1. The number of fused-ring (bicyclic) bond motifs is 1. The highest BCUT2D eigenvalue weighted by atomic mass is 35.5. The Balaban J connectivity index is 1.79. The van der Waals surface area contributed by atoms with Crippen LogP contribution in [0.2, 0.25) is 5.02 Å². The van der Waals surface area contributed by atoms with Crippen LogP contribution in [0.5, 0.6) is 0 Å². The van der Waals surface area contributed by atoms with Crippen molar-refractivity contribution in [2.45, 2.75) is 44.6 Å². The van der Waals surface area contributed by atoms with Crippen molar-refractivity contribution >= 4 is 28.4 Å². The van der Waals surface area contributed by atoms with E-state index in [2.05, 4.69) is 10.3 Å². The lowest BCUT2D eigenvalue weighted by molar-refractivity contribution is 0.00526. The number of nitrogens with one attached hydrogen (secondary N) is 2. The van der Waals surface area contributed by atoms with Crippen molar-refractivity contribution < 1.29 is 9.90 Å². The average Bonchev–Trinajstić information content (AvgIpc) is 3.00. The second kappa shape index (κ2) is 5.94. The Bertz CT molecular complexity index is 702. The summed E-state index contributed by atoms with van der Waals surface area (Å²) in [5, 5.41) is 14.6. The summed E-state index contributed by atoms with van der Waals surface area (Å²) >= 11 is 6.36. The number of carbonyl (C=O) groups excluding carboxylic acids is 1. The summed E-state index contributed by atoms with van der Waals surface area (Å²) in [4.78, 5) is 15.6. The van der Waals surface area contributed by atoms with Crippen LogP contribution in [0.1, 0.15) is 48.0 Å². The largest absolute Gasteiger partial charge is 0.388 e. The molecule has 0 saturated heterocycles. The molecular weight excluding hydrogens is 300 g/mol. The van der Waals surface area contributed by atoms with Gasteiger partial charge in [0.25, 0.3) is 5.91 Å². The van der Waals surface area contributed by atoms with Crippen LogP contribution >= 0.6 is 11.6 Å². The summed E-state index contributed by atoms with van der Waals surface area (Å²) in [6.45, 7) is 2.23. The van der Waals surface area contributed by atoms with Gasteiger partial charge in [0.2, 0.25) is 0 Å². The zero-order valence-electron chi connectivity index (χ0n) is 12.7. The van der Waals surface area contributed by atoms with Crippen molar-refractivity contribution in [3.8, 4) is 0 Å². The van der Waals surface area contributed by atoms with E-state index in [0.717, 1.165) is 48.6 Å². The maximum Gasteiger partial charge on any atom is 0.252 e. The van der Waals surface area contributed by atoms with E-state index in [9.17, 15) is 9.90 Å². The van der Waals surface area contributed by atoms with Gasteiger partial charge in [0.1, 0.15) is 0 Å². The molecule has 0 aliphatic heterocycles. The molecule has 22 heavy (non-hydrogen) atoms. The molecule has 4 nitrogen and oxygen atoms in total. The monoisotopic (exact) mass is 320 g/mol. The lowest BCUT2D eigenvalue weighted by atomic mass is 9.85. The SMILES string of the molecule is Cc1cc(C(=O)NCC2(O)CCCCC2)c(Cl)c2cc[nH]c12. The molecule has 1 heterocycles. The van der Waals surface area contributed by atoms with E-state index in [1.165, 1.54) is 0 Å². The molecule has 1 saturated carbocycles. The highest BCUT2D eigenvalue weighted by Gasteiger charge is 2.30. The number of aromatic amines is 1. The molecule has 1 aliphatic carbocycles. The summed E-state index contributed by atoms with van der Waals surface area (Å²) in [5.74, 6) is -0.227. The van der Waals surface area contributed by atoms with E-state index in [-0.39, 0.29) is 12.5 Å². The van der Waals surface area contributed by atoms with Crippen molar-refractivity contribution in [3.05, 3.63) is 34.5 Å². The molecule has 1 amide bonds. The van der Waals surface area contributed by atoms with Gasteiger partial charge in [0, 0.05) is 23.6 Å². The first-order chi connectivity index (χ1) is 10.5. The highest BCUT2D eigenvalue weighted by Crippen LogP contribution is 2.30. The number of H-pyrrole nitrogens is 1. The Kier molecular flexibility index (Phi) is 4.15. The number of rotatable bonds is 3. The molecule has 0 atom stereocenters. The van der Waals surface area contributed by atoms with Crippen LogP contribution in [-0.4, -0.2) is 28.1 Å². The van der Waals surface area contributed by atoms with Gasteiger partial charge in [-0.2, -0.15) is 0 Å². The second-order valence-electron chi connectivity index (χ2n) is 6.29. The Hall–Kier alpha value is -1.52. The summed E-state index contributed by atoms with van der Waals surface area (Å²) in [5.41, 5.74) is 1.62. The minimum Gasteiger partial charge on any atom is -0.388 e. The first kappa shape index (κ1) is 15.4. The van der Waals surface area contributed by atoms with E-state index in [1.54, 1.807) is 6.07 Å². The lowest BCUT2D eigenvalue weighted by Crippen LogP contribution is -2.44. The Morgan fingerprint density at radius 1 is 1.41 bits per heavy atom. The molecular formula is C17H21ClN2O2. The summed E-state index contributed by atoms with van der Waals surface area (Å²) in [6.07, 6.45) is 6.50. The van der Waals surface area contributed by atoms with Gasteiger partial charge in [-0.3, -0.25) is 4.79 Å². The number of halogens is 1.